The van der Waals surface area contributed by atoms with Gasteiger partial charge in [0, 0.05) is 0 Å². The van der Waals surface area contributed by atoms with E-state index in [1.807, 2.05) is 0 Å². The van der Waals surface area contributed by atoms with Crippen LogP contribution in [0.15, 0.2) is 12.1 Å². The molecule has 0 amide bonds. The highest BCUT2D eigenvalue weighted by molar-refractivity contribution is 5.46. The molecule has 0 saturated carbocycles. The molecule has 0 aliphatic carbocycles. The highest BCUT2D eigenvalue weighted by Gasteiger charge is 2.04. The van der Waals surface area contributed by atoms with E-state index < -0.39 is 0 Å². The van der Waals surface area contributed by atoms with Crippen LogP contribution in [0, 0.1) is 33.8 Å². The molecular formula is C15H21. The van der Waals surface area contributed by atoms with E-state index in [-0.39, 0.29) is 0 Å². The number of unbranched alkanes of at least 4 members (excludes halogenated alkanes) is 1. The van der Waals surface area contributed by atoms with Crippen molar-refractivity contribution in [3.8, 4) is 0 Å². The lowest BCUT2D eigenvalue weighted by atomic mass is 9.94. The summed E-state index contributed by atoms with van der Waals surface area (Å²) in [5.74, 6) is 0. The van der Waals surface area contributed by atoms with Crippen LogP contribution in [0.25, 0.3) is 0 Å². The van der Waals surface area contributed by atoms with E-state index in [9.17, 15) is 0 Å². The molecule has 0 aliphatic heterocycles. The number of benzene rings is 1. The zero-order valence-electron chi connectivity index (χ0n) is 10.6. The Balaban J connectivity index is 3.09. The Labute approximate surface area is 94.0 Å². The van der Waals surface area contributed by atoms with Gasteiger partial charge in [0.2, 0.25) is 0 Å². The molecule has 1 aromatic carbocycles. The summed E-state index contributed by atoms with van der Waals surface area (Å²) in [5, 5.41) is 0. The third-order valence-corrected chi connectivity index (χ3v) is 3.17. The van der Waals surface area contributed by atoms with Gasteiger partial charge in [-0.2, -0.15) is 0 Å². The van der Waals surface area contributed by atoms with Crippen LogP contribution >= 0.6 is 0 Å². The maximum atomic E-state index is 3.40. The van der Waals surface area contributed by atoms with Gasteiger partial charge in [-0.05, 0) is 68.0 Å². The van der Waals surface area contributed by atoms with Crippen molar-refractivity contribution < 1.29 is 0 Å². The Morgan fingerprint density at radius 3 is 2.33 bits per heavy atom. The van der Waals surface area contributed by atoms with Crippen molar-refractivity contribution in [2.45, 2.75) is 47.5 Å². The normalized spacial score (nSPS) is 11.3. The number of rotatable bonds is 3. The molecule has 0 N–H and O–H groups in total. The van der Waals surface area contributed by atoms with Crippen LogP contribution in [-0.4, -0.2) is 0 Å². The minimum atomic E-state index is 1.12. The summed E-state index contributed by atoms with van der Waals surface area (Å²) < 4.78 is 0. The van der Waals surface area contributed by atoms with Crippen molar-refractivity contribution in [3.63, 3.8) is 0 Å². The van der Waals surface area contributed by atoms with Crippen LogP contribution in [0.4, 0.5) is 0 Å². The maximum Gasteiger partial charge on any atom is -0.0146 e. The van der Waals surface area contributed by atoms with Gasteiger partial charge < -0.3 is 0 Å². The first-order valence-corrected chi connectivity index (χ1v) is 5.73. The van der Waals surface area contributed by atoms with Crippen LogP contribution in [-0.2, 0) is 0 Å². The van der Waals surface area contributed by atoms with Crippen molar-refractivity contribution in [3.05, 3.63) is 46.0 Å². The van der Waals surface area contributed by atoms with Crippen molar-refractivity contribution >= 4 is 0 Å². The largest absolute Gasteiger partial charge is 0.0760 e. The van der Waals surface area contributed by atoms with Gasteiger partial charge in [0.15, 0.2) is 0 Å². The highest BCUT2D eigenvalue weighted by Crippen LogP contribution is 2.21. The van der Waals surface area contributed by atoms with E-state index in [0.29, 0.717) is 0 Å². The van der Waals surface area contributed by atoms with E-state index in [4.69, 9.17) is 0 Å². The molecule has 0 fully saturated rings. The van der Waals surface area contributed by atoms with Crippen LogP contribution in [0.3, 0.4) is 0 Å². The van der Waals surface area contributed by atoms with Gasteiger partial charge in [0.05, 0.1) is 0 Å². The summed E-state index contributed by atoms with van der Waals surface area (Å²) in [5.41, 5.74) is 6.80. The lowest BCUT2D eigenvalue weighted by Gasteiger charge is -2.11. The fourth-order valence-electron chi connectivity index (χ4n) is 1.69. The van der Waals surface area contributed by atoms with Gasteiger partial charge in [0.25, 0.3) is 0 Å². The van der Waals surface area contributed by atoms with Crippen LogP contribution in [0.5, 0.6) is 0 Å². The second kappa shape index (κ2) is 5.16. The molecule has 0 spiro atoms. The molecule has 0 bridgehead atoms. The minimum absolute atomic E-state index is 1.12. The first kappa shape index (κ1) is 12.0. The quantitative estimate of drug-likeness (QED) is 0.678. The topological polar surface area (TPSA) is 0 Å². The first-order valence-electron chi connectivity index (χ1n) is 5.73. The molecule has 0 atom stereocenters. The van der Waals surface area contributed by atoms with E-state index in [0.717, 1.165) is 6.42 Å². The molecule has 1 rings (SSSR count). The summed E-state index contributed by atoms with van der Waals surface area (Å²) >= 11 is 0. The Morgan fingerprint density at radius 1 is 1.07 bits per heavy atom. The van der Waals surface area contributed by atoms with E-state index in [1.165, 1.54) is 34.2 Å². The van der Waals surface area contributed by atoms with Gasteiger partial charge >= 0.3 is 0 Å². The molecule has 0 aliphatic rings. The number of allylic oxidation sites excluding steroid dienone is 1. The average Bonchev–Trinajstić information content (AvgIpc) is 2.23. The molecule has 0 heteroatoms. The second-order valence-corrected chi connectivity index (χ2v) is 4.25. The van der Waals surface area contributed by atoms with Gasteiger partial charge in [-0.3, -0.25) is 0 Å². The Hall–Kier alpha value is -1.04. The fraction of sp³-hybridized carbons (Fsp3) is 0.467. The zero-order valence-corrected chi connectivity index (χ0v) is 10.6. The second-order valence-electron chi connectivity index (χ2n) is 4.25. The summed E-state index contributed by atoms with van der Waals surface area (Å²) in [7, 11) is 0. The number of hydrogen-bond donors (Lipinski definition) is 0. The van der Waals surface area contributed by atoms with Gasteiger partial charge in [-0.25, -0.2) is 0 Å². The highest BCUT2D eigenvalue weighted by atomic mass is 14.1. The number of aryl methyl sites for hydroxylation is 1. The van der Waals surface area contributed by atoms with E-state index in [1.54, 1.807) is 0 Å². The summed E-state index contributed by atoms with van der Waals surface area (Å²) in [6.45, 7) is 10.9. The molecule has 0 nitrogen and oxygen atoms in total. The Morgan fingerprint density at radius 2 is 1.73 bits per heavy atom. The smallest absolute Gasteiger partial charge is 0.0146 e. The Kier molecular flexibility index (Phi) is 4.14. The van der Waals surface area contributed by atoms with Crippen LogP contribution in [0.1, 0.15) is 47.6 Å². The summed E-state index contributed by atoms with van der Waals surface area (Å²) in [6, 6.07) is 2.24. The first-order chi connectivity index (χ1) is 7.07. The average molecular weight is 201 g/mol. The molecule has 1 radical (unpaired) electrons. The molecule has 0 unspecified atom stereocenters. The van der Waals surface area contributed by atoms with Crippen LogP contribution < -0.4 is 0 Å². The SMILES string of the molecule is CCC/C=[C]\c1cc(C)c(C)c(C)c1C. The lowest BCUT2D eigenvalue weighted by molar-refractivity contribution is 0.955. The van der Waals surface area contributed by atoms with Gasteiger partial charge in [-0.15, -0.1) is 0 Å². The van der Waals surface area contributed by atoms with Gasteiger partial charge in [-0.1, -0.05) is 25.5 Å². The van der Waals surface area contributed by atoms with Crippen LogP contribution in [0.2, 0.25) is 0 Å². The Bertz CT molecular complexity index is 370. The molecule has 1 aromatic rings. The van der Waals surface area contributed by atoms with Crippen molar-refractivity contribution in [2.75, 3.05) is 0 Å². The molecule has 0 aromatic heterocycles. The summed E-state index contributed by atoms with van der Waals surface area (Å²) in [6.07, 6.45) is 7.85. The van der Waals surface area contributed by atoms with Gasteiger partial charge in [0.1, 0.15) is 0 Å². The van der Waals surface area contributed by atoms with E-state index in [2.05, 4.69) is 52.8 Å². The standard InChI is InChI=1S/C15H21/c1-6-7-8-9-15-10-11(2)12(3)13(4)14(15)5/h8,10H,6-7H2,1-5H3. The fourth-order valence-corrected chi connectivity index (χ4v) is 1.69. The van der Waals surface area contributed by atoms with Crippen molar-refractivity contribution in [1.29, 1.82) is 0 Å². The zero-order chi connectivity index (χ0) is 11.4. The predicted molar refractivity (Wildman–Crippen MR) is 67.2 cm³/mol. The summed E-state index contributed by atoms with van der Waals surface area (Å²) in [4.78, 5) is 0. The molecule has 81 valence electrons. The predicted octanol–water partition coefficient (Wildman–Crippen LogP) is 4.43. The molecular weight excluding hydrogens is 180 g/mol. The third-order valence-electron chi connectivity index (χ3n) is 3.17. The lowest BCUT2D eigenvalue weighted by Crippen LogP contribution is -1.94. The van der Waals surface area contributed by atoms with Crippen molar-refractivity contribution in [1.82, 2.24) is 0 Å². The van der Waals surface area contributed by atoms with Crippen molar-refractivity contribution in [2.24, 2.45) is 0 Å². The van der Waals surface area contributed by atoms with E-state index >= 15 is 0 Å². The monoisotopic (exact) mass is 201 g/mol. The molecule has 0 saturated heterocycles. The number of hydrogen-bond acceptors (Lipinski definition) is 0. The third kappa shape index (κ3) is 2.71. The minimum Gasteiger partial charge on any atom is -0.0760 e. The molecule has 15 heavy (non-hydrogen) atoms. The maximum absolute atomic E-state index is 3.40. The molecule has 0 heterocycles.